The molecule has 0 radical (unpaired) electrons. The Labute approximate surface area is 107 Å². The average molecular weight is 239 g/mol. The first-order valence-corrected chi connectivity index (χ1v) is 7.65. The van der Waals surface area contributed by atoms with E-state index in [1.165, 1.54) is 57.9 Å². The van der Waals surface area contributed by atoms with Crippen molar-refractivity contribution in [3.8, 4) is 0 Å². The molecule has 1 aliphatic heterocycles. The van der Waals surface area contributed by atoms with Crippen molar-refractivity contribution in [1.29, 1.82) is 0 Å². The van der Waals surface area contributed by atoms with Crippen molar-refractivity contribution in [3.63, 3.8) is 0 Å². The SMILES string of the molecule is CC1CCC(CCNC2CCCOCC2)CC1. The molecule has 100 valence electrons. The van der Waals surface area contributed by atoms with Gasteiger partial charge in [0.1, 0.15) is 0 Å². The van der Waals surface area contributed by atoms with Crippen LogP contribution < -0.4 is 5.32 Å². The molecular formula is C15H29NO. The highest BCUT2D eigenvalue weighted by Crippen LogP contribution is 2.30. The van der Waals surface area contributed by atoms with Crippen LogP contribution in [-0.2, 0) is 4.74 Å². The van der Waals surface area contributed by atoms with Crippen LogP contribution in [0.25, 0.3) is 0 Å². The first kappa shape index (κ1) is 13.4. The lowest BCUT2D eigenvalue weighted by atomic mass is 9.81. The van der Waals surface area contributed by atoms with Gasteiger partial charge >= 0.3 is 0 Å². The van der Waals surface area contributed by atoms with E-state index in [2.05, 4.69) is 12.2 Å². The van der Waals surface area contributed by atoms with Crippen molar-refractivity contribution in [2.75, 3.05) is 19.8 Å². The summed E-state index contributed by atoms with van der Waals surface area (Å²) in [6, 6.07) is 0.722. The molecule has 2 nitrogen and oxygen atoms in total. The van der Waals surface area contributed by atoms with Crippen LogP contribution >= 0.6 is 0 Å². The van der Waals surface area contributed by atoms with Crippen molar-refractivity contribution < 1.29 is 4.74 Å². The molecule has 1 N–H and O–H groups in total. The first-order valence-electron chi connectivity index (χ1n) is 7.65. The molecule has 2 heteroatoms. The van der Waals surface area contributed by atoms with E-state index in [4.69, 9.17) is 4.74 Å². The highest BCUT2D eigenvalue weighted by molar-refractivity contribution is 4.73. The summed E-state index contributed by atoms with van der Waals surface area (Å²) >= 11 is 0. The summed E-state index contributed by atoms with van der Waals surface area (Å²) in [6.07, 6.45) is 11.0. The Balaban J connectivity index is 1.55. The van der Waals surface area contributed by atoms with Crippen LogP contribution in [0.3, 0.4) is 0 Å². The molecule has 2 rings (SSSR count). The van der Waals surface area contributed by atoms with Gasteiger partial charge < -0.3 is 10.1 Å². The van der Waals surface area contributed by atoms with Crippen LogP contribution in [0, 0.1) is 11.8 Å². The maximum absolute atomic E-state index is 5.49. The van der Waals surface area contributed by atoms with E-state index in [1.807, 2.05) is 0 Å². The Bertz CT molecular complexity index is 191. The third-order valence-corrected chi connectivity index (χ3v) is 4.57. The molecule has 1 saturated carbocycles. The summed E-state index contributed by atoms with van der Waals surface area (Å²) in [5, 5.41) is 3.74. The first-order chi connectivity index (χ1) is 8.34. The normalized spacial score (nSPS) is 35.5. The Hall–Kier alpha value is -0.0800. The van der Waals surface area contributed by atoms with Gasteiger partial charge in [-0.3, -0.25) is 0 Å². The van der Waals surface area contributed by atoms with Crippen molar-refractivity contribution in [3.05, 3.63) is 0 Å². The maximum Gasteiger partial charge on any atom is 0.0480 e. The van der Waals surface area contributed by atoms with E-state index in [1.54, 1.807) is 0 Å². The molecule has 0 bridgehead atoms. The molecule has 0 aromatic rings. The monoisotopic (exact) mass is 239 g/mol. The molecular weight excluding hydrogens is 210 g/mol. The van der Waals surface area contributed by atoms with Crippen LogP contribution in [0.2, 0.25) is 0 Å². The lowest BCUT2D eigenvalue weighted by Crippen LogP contribution is -2.31. The minimum atomic E-state index is 0.722. The van der Waals surface area contributed by atoms with Gasteiger partial charge in [0.05, 0.1) is 0 Å². The minimum absolute atomic E-state index is 0.722. The highest BCUT2D eigenvalue weighted by atomic mass is 16.5. The summed E-state index contributed by atoms with van der Waals surface area (Å²) in [6.45, 7) is 5.56. The molecule has 1 saturated heterocycles. The van der Waals surface area contributed by atoms with Gasteiger partial charge in [0, 0.05) is 19.3 Å². The minimum Gasteiger partial charge on any atom is -0.381 e. The second-order valence-electron chi connectivity index (χ2n) is 6.11. The van der Waals surface area contributed by atoms with E-state index in [0.29, 0.717) is 0 Å². The fourth-order valence-electron chi connectivity index (χ4n) is 3.22. The van der Waals surface area contributed by atoms with E-state index in [9.17, 15) is 0 Å². The highest BCUT2D eigenvalue weighted by Gasteiger charge is 2.18. The van der Waals surface area contributed by atoms with Crippen LogP contribution in [0.15, 0.2) is 0 Å². The lowest BCUT2D eigenvalue weighted by molar-refractivity contribution is 0.142. The molecule has 1 heterocycles. The van der Waals surface area contributed by atoms with E-state index in [0.717, 1.165) is 31.1 Å². The average Bonchev–Trinajstić information content (AvgIpc) is 2.60. The number of hydrogen-bond acceptors (Lipinski definition) is 2. The van der Waals surface area contributed by atoms with Gasteiger partial charge in [-0.25, -0.2) is 0 Å². The molecule has 2 fully saturated rings. The van der Waals surface area contributed by atoms with Crippen molar-refractivity contribution >= 4 is 0 Å². The standard InChI is InChI=1S/C15H29NO/c1-13-4-6-14(7-5-13)8-10-16-15-3-2-11-17-12-9-15/h13-16H,2-12H2,1H3. The van der Waals surface area contributed by atoms with Crippen LogP contribution in [-0.4, -0.2) is 25.8 Å². The fraction of sp³-hybridized carbons (Fsp3) is 1.00. The van der Waals surface area contributed by atoms with Crippen molar-refractivity contribution in [2.24, 2.45) is 11.8 Å². The Morgan fingerprint density at radius 3 is 2.65 bits per heavy atom. The zero-order chi connectivity index (χ0) is 11.9. The van der Waals surface area contributed by atoms with Gasteiger partial charge in [0.15, 0.2) is 0 Å². The molecule has 0 spiro atoms. The quantitative estimate of drug-likeness (QED) is 0.812. The molecule has 0 aromatic heterocycles. The number of rotatable bonds is 4. The van der Waals surface area contributed by atoms with Crippen molar-refractivity contribution in [1.82, 2.24) is 5.32 Å². The lowest BCUT2D eigenvalue weighted by Gasteiger charge is -2.27. The second kappa shape index (κ2) is 7.38. The summed E-state index contributed by atoms with van der Waals surface area (Å²) in [4.78, 5) is 0. The van der Waals surface area contributed by atoms with Gasteiger partial charge in [-0.15, -0.1) is 0 Å². The van der Waals surface area contributed by atoms with Crippen LogP contribution in [0.4, 0.5) is 0 Å². The molecule has 2 aliphatic rings. The smallest absolute Gasteiger partial charge is 0.0480 e. The summed E-state index contributed by atoms with van der Waals surface area (Å²) in [5.74, 6) is 1.99. The number of ether oxygens (including phenoxy) is 1. The fourth-order valence-corrected chi connectivity index (χ4v) is 3.22. The maximum atomic E-state index is 5.49. The summed E-state index contributed by atoms with van der Waals surface area (Å²) in [5.41, 5.74) is 0. The number of nitrogens with one attached hydrogen (secondary N) is 1. The van der Waals surface area contributed by atoms with E-state index in [-0.39, 0.29) is 0 Å². The molecule has 1 aliphatic carbocycles. The molecule has 0 amide bonds. The van der Waals surface area contributed by atoms with Gasteiger partial charge in [0.25, 0.3) is 0 Å². The zero-order valence-electron chi connectivity index (χ0n) is 11.4. The van der Waals surface area contributed by atoms with Crippen molar-refractivity contribution in [2.45, 2.75) is 64.3 Å². The van der Waals surface area contributed by atoms with Crippen LogP contribution in [0.5, 0.6) is 0 Å². The predicted molar refractivity (Wildman–Crippen MR) is 72.2 cm³/mol. The third kappa shape index (κ3) is 4.97. The predicted octanol–water partition coefficient (Wildman–Crippen LogP) is 3.36. The topological polar surface area (TPSA) is 21.3 Å². The summed E-state index contributed by atoms with van der Waals surface area (Å²) in [7, 11) is 0. The third-order valence-electron chi connectivity index (χ3n) is 4.57. The van der Waals surface area contributed by atoms with E-state index < -0.39 is 0 Å². The van der Waals surface area contributed by atoms with Gasteiger partial charge in [-0.2, -0.15) is 0 Å². The molecule has 17 heavy (non-hydrogen) atoms. The largest absolute Gasteiger partial charge is 0.381 e. The Kier molecular flexibility index (Phi) is 5.79. The zero-order valence-corrected chi connectivity index (χ0v) is 11.4. The van der Waals surface area contributed by atoms with Crippen LogP contribution in [0.1, 0.15) is 58.3 Å². The molecule has 1 atom stereocenters. The van der Waals surface area contributed by atoms with Gasteiger partial charge in [-0.05, 0) is 44.1 Å². The van der Waals surface area contributed by atoms with Gasteiger partial charge in [-0.1, -0.05) is 32.6 Å². The van der Waals surface area contributed by atoms with E-state index >= 15 is 0 Å². The second-order valence-corrected chi connectivity index (χ2v) is 6.11. The Morgan fingerprint density at radius 2 is 1.82 bits per heavy atom. The van der Waals surface area contributed by atoms with Gasteiger partial charge in [0.2, 0.25) is 0 Å². The molecule has 0 aromatic carbocycles. The number of hydrogen-bond donors (Lipinski definition) is 1. The molecule has 1 unspecified atom stereocenters. The summed E-state index contributed by atoms with van der Waals surface area (Å²) < 4.78 is 5.49. The Morgan fingerprint density at radius 1 is 1.00 bits per heavy atom.